The predicted molar refractivity (Wildman–Crippen MR) is 52.1 cm³/mol. The van der Waals surface area contributed by atoms with E-state index in [9.17, 15) is 9.36 Å². The molecule has 0 aliphatic heterocycles. The number of hydrogen-bond donors (Lipinski definition) is 0. The Balaban J connectivity index is 4.53. The molecule has 0 unspecified atom stereocenters. The van der Waals surface area contributed by atoms with Gasteiger partial charge in [0.05, 0.1) is 13.2 Å². The first-order valence-corrected chi connectivity index (χ1v) is 5.96. The molecule has 0 atom stereocenters. The van der Waals surface area contributed by atoms with Gasteiger partial charge in [0.1, 0.15) is 0 Å². The van der Waals surface area contributed by atoms with E-state index in [-0.39, 0.29) is 13.2 Å². The molecule has 0 heterocycles. The molecule has 0 aromatic carbocycles. The van der Waals surface area contributed by atoms with Crippen molar-refractivity contribution in [1.29, 1.82) is 0 Å². The van der Waals surface area contributed by atoms with Gasteiger partial charge in [-0.15, -0.1) is 9.35 Å². The highest BCUT2D eigenvalue weighted by Crippen LogP contribution is 2.50. The van der Waals surface area contributed by atoms with Crippen molar-refractivity contribution in [2.75, 3.05) is 27.3 Å². The van der Waals surface area contributed by atoms with Gasteiger partial charge in [0.15, 0.2) is 0 Å². The zero-order valence-corrected chi connectivity index (χ0v) is 10.2. The maximum absolute atomic E-state index is 11.8. The highest BCUT2D eigenvalue weighted by atomic mass is 31.2. The van der Waals surface area contributed by atoms with Gasteiger partial charge in [-0.1, -0.05) is 0 Å². The van der Waals surface area contributed by atoms with E-state index in [1.807, 2.05) is 0 Å². The molecule has 0 N–H and O–H groups in total. The Morgan fingerprint density at radius 1 is 1.13 bits per heavy atom. The highest BCUT2D eigenvalue weighted by molar-refractivity contribution is 7.71. The van der Waals surface area contributed by atoms with Crippen molar-refractivity contribution in [2.24, 2.45) is 0 Å². The fraction of sp³-hybridized carbons (Fsp3) is 0.857. The van der Waals surface area contributed by atoms with Crippen LogP contribution in [-0.4, -0.2) is 37.9 Å². The van der Waals surface area contributed by atoms with Crippen molar-refractivity contribution < 1.29 is 28.5 Å². The molecule has 90 valence electrons. The van der Waals surface area contributed by atoms with Crippen molar-refractivity contribution in [2.45, 2.75) is 13.8 Å². The second kappa shape index (κ2) is 6.92. The number of nitrogens with zero attached hydrogens (tertiary/aromatic N) is 1. The van der Waals surface area contributed by atoms with Crippen molar-refractivity contribution >= 4 is 13.2 Å². The van der Waals surface area contributed by atoms with Gasteiger partial charge in [0, 0.05) is 14.1 Å². The molecular weight excluding hydrogens is 225 g/mol. The Kier molecular flexibility index (Phi) is 6.71. The molecule has 0 aliphatic rings. The summed E-state index contributed by atoms with van der Waals surface area (Å²) in [5.74, 6) is 0. The van der Waals surface area contributed by atoms with Gasteiger partial charge in [-0.25, -0.2) is 14.3 Å². The van der Waals surface area contributed by atoms with Gasteiger partial charge in [-0.2, -0.15) is 0 Å². The zero-order chi connectivity index (χ0) is 11.9. The summed E-state index contributed by atoms with van der Waals surface area (Å²) >= 11 is 0. The number of amides is 1. The maximum atomic E-state index is 11.8. The molecule has 1 amide bonds. The lowest BCUT2D eigenvalue weighted by Gasteiger charge is -2.17. The van der Waals surface area contributed by atoms with Crippen LogP contribution in [0.5, 0.6) is 0 Å². The summed E-state index contributed by atoms with van der Waals surface area (Å²) in [4.78, 5) is 21.4. The molecule has 0 spiro atoms. The molecule has 0 aromatic heterocycles. The van der Waals surface area contributed by atoms with E-state index in [1.165, 1.54) is 14.1 Å². The van der Waals surface area contributed by atoms with Gasteiger partial charge in [0.25, 0.3) is 0 Å². The third-order valence-electron chi connectivity index (χ3n) is 1.15. The Morgan fingerprint density at radius 3 is 1.80 bits per heavy atom. The quantitative estimate of drug-likeness (QED) is 0.384. The van der Waals surface area contributed by atoms with E-state index in [0.29, 0.717) is 0 Å². The first-order valence-electron chi connectivity index (χ1n) is 4.42. The van der Waals surface area contributed by atoms with Gasteiger partial charge in [0.2, 0.25) is 0 Å². The molecule has 8 heteroatoms. The Morgan fingerprint density at radius 2 is 1.53 bits per heavy atom. The SMILES string of the molecule is CCOOP(=O)(OOCC)C(=O)N(C)C. The fourth-order valence-corrected chi connectivity index (χ4v) is 1.70. The smallest absolute Gasteiger partial charge is 0.338 e. The van der Waals surface area contributed by atoms with E-state index in [0.717, 1.165) is 4.90 Å². The van der Waals surface area contributed by atoms with Gasteiger partial charge in [-0.05, 0) is 13.8 Å². The fourth-order valence-electron chi connectivity index (χ4n) is 0.565. The van der Waals surface area contributed by atoms with Crippen LogP contribution in [0, 0.1) is 0 Å². The Hall–Kier alpha value is -0.460. The molecule has 15 heavy (non-hydrogen) atoms. The van der Waals surface area contributed by atoms with Gasteiger partial charge in [-0.3, -0.25) is 4.79 Å². The average molecular weight is 241 g/mol. The van der Waals surface area contributed by atoms with Crippen LogP contribution >= 0.6 is 7.60 Å². The second-order valence-electron chi connectivity index (χ2n) is 2.64. The Labute approximate surface area is 88.6 Å². The lowest BCUT2D eigenvalue weighted by Crippen LogP contribution is -2.22. The summed E-state index contributed by atoms with van der Waals surface area (Å²) < 4.78 is 20.6. The third-order valence-corrected chi connectivity index (χ3v) is 2.63. The second-order valence-corrected chi connectivity index (χ2v) is 4.31. The first kappa shape index (κ1) is 14.5. The molecule has 0 aliphatic carbocycles. The number of carbonyl (C=O) groups excluding carboxylic acids is 1. The number of carbonyl (C=O) groups is 1. The largest absolute Gasteiger partial charge is 0.471 e. The van der Waals surface area contributed by atoms with Crippen LogP contribution in [0.2, 0.25) is 0 Å². The first-order chi connectivity index (χ1) is 6.98. The van der Waals surface area contributed by atoms with Crippen LogP contribution in [0.4, 0.5) is 4.79 Å². The van der Waals surface area contributed by atoms with Gasteiger partial charge >= 0.3 is 13.2 Å². The van der Waals surface area contributed by atoms with Gasteiger partial charge < -0.3 is 4.90 Å². The van der Waals surface area contributed by atoms with Crippen LogP contribution in [0.15, 0.2) is 0 Å². The van der Waals surface area contributed by atoms with Crippen molar-refractivity contribution in [3.8, 4) is 0 Å². The zero-order valence-electron chi connectivity index (χ0n) is 9.26. The lowest BCUT2D eigenvalue weighted by atomic mass is 10.9. The number of hydrogen-bond acceptors (Lipinski definition) is 6. The standard InChI is InChI=1S/C7H16NO6P/c1-5-11-13-15(10,14-12-6-2)7(9)8(3)4/h5-6H2,1-4H3. The molecule has 0 fully saturated rings. The minimum Gasteiger partial charge on any atom is -0.338 e. The molecule has 0 saturated carbocycles. The van der Waals surface area contributed by atoms with E-state index in [1.54, 1.807) is 13.8 Å². The summed E-state index contributed by atoms with van der Waals surface area (Å²) in [6.45, 7) is 3.51. The normalized spacial score (nSPS) is 11.5. The van der Waals surface area contributed by atoms with Crippen molar-refractivity contribution in [3.05, 3.63) is 0 Å². The van der Waals surface area contributed by atoms with Crippen LogP contribution in [-0.2, 0) is 23.7 Å². The molecule has 0 radical (unpaired) electrons. The summed E-state index contributed by atoms with van der Waals surface area (Å²) in [5, 5.41) is 0. The van der Waals surface area contributed by atoms with E-state index < -0.39 is 13.2 Å². The molecular formula is C7H16NO6P. The molecule has 0 aromatic rings. The van der Waals surface area contributed by atoms with Crippen molar-refractivity contribution in [1.82, 2.24) is 4.90 Å². The summed E-state index contributed by atoms with van der Waals surface area (Å²) in [7, 11) is -1.22. The van der Waals surface area contributed by atoms with E-state index >= 15 is 0 Å². The number of rotatable bonds is 7. The average Bonchev–Trinajstić information content (AvgIpc) is 2.22. The van der Waals surface area contributed by atoms with Crippen molar-refractivity contribution in [3.63, 3.8) is 0 Å². The molecule has 0 bridgehead atoms. The minimum absolute atomic E-state index is 0.139. The van der Waals surface area contributed by atoms with Crippen LogP contribution in [0.1, 0.15) is 13.8 Å². The molecule has 7 nitrogen and oxygen atoms in total. The third kappa shape index (κ3) is 4.72. The summed E-state index contributed by atoms with van der Waals surface area (Å²) in [6.07, 6.45) is 0. The minimum atomic E-state index is -4.06. The lowest BCUT2D eigenvalue weighted by molar-refractivity contribution is -0.260. The monoisotopic (exact) mass is 241 g/mol. The Bertz CT molecular complexity index is 232. The molecule has 0 saturated heterocycles. The summed E-state index contributed by atoms with van der Waals surface area (Å²) in [5.41, 5.74) is -0.843. The topological polar surface area (TPSA) is 74.3 Å². The maximum Gasteiger partial charge on any atom is 0.471 e. The molecule has 0 rings (SSSR count). The van der Waals surface area contributed by atoms with Crippen LogP contribution in [0.25, 0.3) is 0 Å². The predicted octanol–water partition coefficient (Wildman–Crippen LogP) is 1.80. The summed E-state index contributed by atoms with van der Waals surface area (Å²) in [6, 6.07) is 0. The van der Waals surface area contributed by atoms with E-state index in [2.05, 4.69) is 19.1 Å². The van der Waals surface area contributed by atoms with Crippen LogP contribution in [0.3, 0.4) is 0 Å². The van der Waals surface area contributed by atoms with Crippen LogP contribution < -0.4 is 0 Å². The highest BCUT2D eigenvalue weighted by Gasteiger charge is 2.39. The van der Waals surface area contributed by atoms with E-state index in [4.69, 9.17) is 0 Å².